The minimum Gasteiger partial charge on any atom is -0.388 e. The summed E-state index contributed by atoms with van der Waals surface area (Å²) in [6.45, 7) is 1.85. The molecular formula is C12H16F3N3O3. The van der Waals surface area contributed by atoms with Crippen LogP contribution in [-0.2, 0) is 10.9 Å². The highest BCUT2D eigenvalue weighted by molar-refractivity contribution is 5.34. The van der Waals surface area contributed by atoms with Gasteiger partial charge in [-0.15, -0.1) is 0 Å². The van der Waals surface area contributed by atoms with Crippen molar-refractivity contribution >= 4 is 5.82 Å². The second-order valence-electron chi connectivity index (χ2n) is 4.80. The minimum atomic E-state index is -4.60. The lowest BCUT2D eigenvalue weighted by molar-refractivity contribution is -0.142. The summed E-state index contributed by atoms with van der Waals surface area (Å²) < 4.78 is 43.0. The molecule has 0 radical (unpaired) electrons. The van der Waals surface area contributed by atoms with Crippen LogP contribution >= 0.6 is 0 Å². The third kappa shape index (κ3) is 3.60. The summed E-state index contributed by atoms with van der Waals surface area (Å²) in [7, 11) is 0. The van der Waals surface area contributed by atoms with Gasteiger partial charge in [0.1, 0.15) is 18.0 Å². The van der Waals surface area contributed by atoms with Crippen LogP contribution in [-0.4, -0.2) is 51.1 Å². The van der Waals surface area contributed by atoms with Gasteiger partial charge in [-0.3, -0.25) is 4.98 Å². The molecule has 1 aromatic heterocycles. The maximum Gasteiger partial charge on any atom is 0.434 e. The molecule has 1 aliphatic rings. The molecule has 9 heteroatoms. The fraction of sp³-hybridized carbons (Fsp3) is 0.667. The van der Waals surface area contributed by atoms with Crippen LogP contribution in [0.3, 0.4) is 0 Å². The number of aliphatic hydroxyl groups is 2. The van der Waals surface area contributed by atoms with Gasteiger partial charge in [0, 0.05) is 0 Å². The molecule has 3 N–H and O–H groups in total. The van der Waals surface area contributed by atoms with E-state index in [-0.39, 0.29) is 12.4 Å². The van der Waals surface area contributed by atoms with Crippen LogP contribution in [0.2, 0.25) is 0 Å². The number of hydrogen-bond donors (Lipinski definition) is 3. The average Bonchev–Trinajstić information content (AvgIpc) is 2.44. The second-order valence-corrected chi connectivity index (χ2v) is 4.80. The zero-order valence-electron chi connectivity index (χ0n) is 11.2. The van der Waals surface area contributed by atoms with Crippen molar-refractivity contribution < 1.29 is 28.1 Å². The fourth-order valence-electron chi connectivity index (χ4n) is 2.13. The second kappa shape index (κ2) is 6.12. The summed E-state index contributed by atoms with van der Waals surface area (Å²) in [5.41, 5.74) is -1.13. The van der Waals surface area contributed by atoms with Crippen molar-refractivity contribution in [1.82, 2.24) is 9.97 Å². The van der Waals surface area contributed by atoms with Gasteiger partial charge in [0.2, 0.25) is 0 Å². The SMILES string of the molecule is CCC1OCC(Nc2cncc(C(F)(F)F)n2)C(O)C1O. The molecule has 1 fully saturated rings. The molecule has 0 aliphatic carbocycles. The number of aromatic nitrogens is 2. The zero-order valence-corrected chi connectivity index (χ0v) is 11.2. The first-order chi connectivity index (χ1) is 9.82. The number of halogens is 3. The first kappa shape index (κ1) is 15.9. The smallest absolute Gasteiger partial charge is 0.388 e. The number of hydrogen-bond acceptors (Lipinski definition) is 6. The van der Waals surface area contributed by atoms with Crippen molar-refractivity contribution in [1.29, 1.82) is 0 Å². The van der Waals surface area contributed by atoms with Crippen molar-refractivity contribution in [2.24, 2.45) is 0 Å². The van der Waals surface area contributed by atoms with E-state index < -0.39 is 36.2 Å². The maximum absolute atomic E-state index is 12.5. The molecule has 4 unspecified atom stereocenters. The summed E-state index contributed by atoms with van der Waals surface area (Å²) in [5.74, 6) is -0.139. The number of rotatable bonds is 3. The van der Waals surface area contributed by atoms with Gasteiger partial charge in [0.25, 0.3) is 0 Å². The molecule has 0 aromatic carbocycles. The van der Waals surface area contributed by atoms with Crippen LogP contribution in [0.4, 0.5) is 19.0 Å². The quantitative estimate of drug-likeness (QED) is 0.766. The molecule has 1 aromatic rings. The van der Waals surface area contributed by atoms with E-state index >= 15 is 0 Å². The van der Waals surface area contributed by atoms with Gasteiger partial charge in [-0.25, -0.2) is 4.98 Å². The van der Waals surface area contributed by atoms with E-state index in [2.05, 4.69) is 15.3 Å². The number of alkyl halides is 3. The molecule has 4 atom stereocenters. The van der Waals surface area contributed by atoms with E-state index in [1.807, 2.05) is 0 Å². The van der Waals surface area contributed by atoms with Crippen LogP contribution in [0.15, 0.2) is 12.4 Å². The summed E-state index contributed by atoms with van der Waals surface area (Å²) in [4.78, 5) is 6.85. The van der Waals surface area contributed by atoms with Gasteiger partial charge in [-0.1, -0.05) is 6.92 Å². The van der Waals surface area contributed by atoms with E-state index in [9.17, 15) is 23.4 Å². The highest BCUT2D eigenvalue weighted by atomic mass is 19.4. The Morgan fingerprint density at radius 1 is 1.33 bits per heavy atom. The van der Waals surface area contributed by atoms with Gasteiger partial charge in [0.05, 0.1) is 31.1 Å². The Balaban J connectivity index is 2.08. The lowest BCUT2D eigenvalue weighted by atomic mass is 9.96. The lowest BCUT2D eigenvalue weighted by Gasteiger charge is -2.37. The van der Waals surface area contributed by atoms with Crippen molar-refractivity contribution in [3.63, 3.8) is 0 Å². The van der Waals surface area contributed by atoms with Gasteiger partial charge < -0.3 is 20.3 Å². The summed E-state index contributed by atoms with van der Waals surface area (Å²) >= 11 is 0. The molecule has 0 spiro atoms. The third-order valence-electron chi connectivity index (χ3n) is 3.29. The molecule has 0 saturated carbocycles. The number of anilines is 1. The molecule has 6 nitrogen and oxygen atoms in total. The zero-order chi connectivity index (χ0) is 15.6. The van der Waals surface area contributed by atoms with Crippen molar-refractivity contribution in [2.75, 3.05) is 11.9 Å². The Morgan fingerprint density at radius 2 is 2.05 bits per heavy atom. The highest BCUT2D eigenvalue weighted by Crippen LogP contribution is 2.28. The number of aliphatic hydroxyl groups excluding tert-OH is 2. The molecule has 2 heterocycles. The molecule has 2 rings (SSSR count). The van der Waals surface area contributed by atoms with Gasteiger partial charge in [0.15, 0.2) is 5.69 Å². The Hall–Kier alpha value is -1.45. The summed E-state index contributed by atoms with van der Waals surface area (Å²) in [6.07, 6.45) is -5.12. The van der Waals surface area contributed by atoms with Crippen molar-refractivity contribution in [3.8, 4) is 0 Å². The summed E-state index contributed by atoms with van der Waals surface area (Å²) in [6, 6.07) is -0.763. The van der Waals surface area contributed by atoms with Crippen LogP contribution in [0, 0.1) is 0 Å². The van der Waals surface area contributed by atoms with E-state index in [1.165, 1.54) is 0 Å². The standard InChI is InChI=1S/C12H16F3N3O3/c1-2-7-11(20)10(19)6(5-21-7)17-9-4-16-3-8(18-9)12(13,14)15/h3-4,6-7,10-11,19-20H,2,5H2,1H3,(H,17,18). The first-order valence-electron chi connectivity index (χ1n) is 6.46. The Kier molecular flexibility index (Phi) is 4.64. The molecule has 0 amide bonds. The number of ether oxygens (including phenoxy) is 1. The van der Waals surface area contributed by atoms with E-state index in [0.717, 1.165) is 6.20 Å². The molecule has 1 aliphatic heterocycles. The molecule has 21 heavy (non-hydrogen) atoms. The van der Waals surface area contributed by atoms with Crippen LogP contribution in [0.25, 0.3) is 0 Å². The highest BCUT2D eigenvalue weighted by Gasteiger charge is 2.38. The minimum absolute atomic E-state index is 0.0503. The predicted molar refractivity (Wildman–Crippen MR) is 66.5 cm³/mol. The van der Waals surface area contributed by atoms with Gasteiger partial charge in [-0.2, -0.15) is 13.2 Å². The lowest BCUT2D eigenvalue weighted by Crippen LogP contribution is -2.55. The van der Waals surface area contributed by atoms with Crippen molar-refractivity contribution in [2.45, 2.75) is 43.9 Å². The van der Waals surface area contributed by atoms with Crippen LogP contribution < -0.4 is 5.32 Å². The average molecular weight is 307 g/mol. The molecule has 118 valence electrons. The van der Waals surface area contributed by atoms with Crippen LogP contribution in [0.5, 0.6) is 0 Å². The monoisotopic (exact) mass is 307 g/mol. The Labute approximate surface area is 119 Å². The van der Waals surface area contributed by atoms with E-state index in [4.69, 9.17) is 4.74 Å². The van der Waals surface area contributed by atoms with Crippen molar-refractivity contribution in [3.05, 3.63) is 18.1 Å². The topological polar surface area (TPSA) is 87.5 Å². The molecule has 0 bridgehead atoms. The van der Waals surface area contributed by atoms with Gasteiger partial charge >= 0.3 is 6.18 Å². The largest absolute Gasteiger partial charge is 0.434 e. The Morgan fingerprint density at radius 3 is 2.67 bits per heavy atom. The summed E-state index contributed by atoms with van der Waals surface area (Å²) in [5, 5.41) is 22.4. The normalized spacial score (nSPS) is 30.2. The van der Waals surface area contributed by atoms with E-state index in [0.29, 0.717) is 12.6 Å². The first-order valence-corrected chi connectivity index (χ1v) is 6.46. The number of nitrogens with zero attached hydrogens (tertiary/aromatic N) is 2. The molecular weight excluding hydrogens is 291 g/mol. The van der Waals surface area contributed by atoms with E-state index in [1.54, 1.807) is 6.92 Å². The Bertz CT molecular complexity index is 486. The number of nitrogens with one attached hydrogen (secondary N) is 1. The van der Waals surface area contributed by atoms with Gasteiger partial charge in [-0.05, 0) is 6.42 Å². The third-order valence-corrected chi connectivity index (χ3v) is 3.29. The van der Waals surface area contributed by atoms with Crippen LogP contribution in [0.1, 0.15) is 19.0 Å². The fourth-order valence-corrected chi connectivity index (χ4v) is 2.13. The molecule has 1 saturated heterocycles. The predicted octanol–water partition coefficient (Wildman–Crippen LogP) is 0.806. The maximum atomic E-state index is 12.5.